The van der Waals surface area contributed by atoms with Crippen LogP contribution >= 0.6 is 27.5 Å². The summed E-state index contributed by atoms with van der Waals surface area (Å²) in [4.78, 5) is 0. The van der Waals surface area contributed by atoms with Crippen LogP contribution in [0.4, 0.5) is 4.39 Å². The minimum absolute atomic E-state index is 0.0421. The molecule has 0 saturated heterocycles. The first-order chi connectivity index (χ1) is 11.8. The van der Waals surface area contributed by atoms with E-state index in [0.29, 0.717) is 12.2 Å². The third-order valence-electron chi connectivity index (χ3n) is 5.68. The normalized spacial score (nSPS) is 29.8. The summed E-state index contributed by atoms with van der Waals surface area (Å²) in [7, 11) is -1.94. The highest BCUT2D eigenvalue weighted by Gasteiger charge is 2.47. The molecule has 0 radical (unpaired) electrons. The summed E-state index contributed by atoms with van der Waals surface area (Å²) in [6, 6.07) is 7.46. The zero-order chi connectivity index (χ0) is 19.8. The van der Waals surface area contributed by atoms with Crippen molar-refractivity contribution in [3.63, 3.8) is 0 Å². The van der Waals surface area contributed by atoms with Gasteiger partial charge in [0.15, 0.2) is 14.0 Å². The van der Waals surface area contributed by atoms with Gasteiger partial charge in [0.1, 0.15) is 3.78 Å². The van der Waals surface area contributed by atoms with Gasteiger partial charge in [-0.05, 0) is 35.3 Å². The molecule has 1 aliphatic rings. The first-order valence-corrected chi connectivity index (χ1v) is 13.0. The fraction of sp³-hybridized carbons (Fsp3) is 0.600. The van der Waals surface area contributed by atoms with E-state index in [-0.39, 0.29) is 24.0 Å². The molecule has 1 aliphatic carbocycles. The van der Waals surface area contributed by atoms with Crippen LogP contribution in [-0.4, -0.2) is 23.8 Å². The van der Waals surface area contributed by atoms with Crippen molar-refractivity contribution in [3.8, 4) is 0 Å². The lowest BCUT2D eigenvalue weighted by atomic mass is 9.80. The number of hydrogen-bond acceptors (Lipinski definition) is 2. The van der Waals surface area contributed by atoms with E-state index in [9.17, 15) is 5.11 Å². The smallest absolute Gasteiger partial charge is 0.192 e. The highest BCUT2D eigenvalue weighted by molar-refractivity contribution is 9.10. The molecule has 6 heteroatoms. The van der Waals surface area contributed by atoms with Gasteiger partial charge < -0.3 is 9.53 Å². The van der Waals surface area contributed by atoms with Crippen LogP contribution in [0.3, 0.4) is 0 Å². The van der Waals surface area contributed by atoms with E-state index in [1.165, 1.54) is 6.08 Å². The predicted molar refractivity (Wildman–Crippen MR) is 113 cm³/mol. The first-order valence-electron chi connectivity index (χ1n) is 8.92. The van der Waals surface area contributed by atoms with Crippen molar-refractivity contribution in [1.29, 1.82) is 0 Å². The van der Waals surface area contributed by atoms with Crippen molar-refractivity contribution >= 4 is 35.8 Å². The Kier molecular flexibility index (Phi) is 6.51. The second kappa shape index (κ2) is 7.67. The summed E-state index contributed by atoms with van der Waals surface area (Å²) in [5.74, 6) is -0.330. The van der Waals surface area contributed by atoms with Gasteiger partial charge in [0.25, 0.3) is 0 Å². The summed E-state index contributed by atoms with van der Waals surface area (Å²) < 4.78 is 21.2. The second-order valence-corrected chi connectivity index (χ2v) is 16.0. The lowest BCUT2D eigenvalue weighted by Crippen LogP contribution is -2.41. The number of hydrogen-bond donors (Lipinski definition) is 1. The van der Waals surface area contributed by atoms with E-state index in [1.807, 2.05) is 18.2 Å². The summed E-state index contributed by atoms with van der Waals surface area (Å²) >= 11 is 9.88. The summed E-state index contributed by atoms with van der Waals surface area (Å²) in [5.41, 5.74) is -0.285. The number of rotatable bonds is 5. The third kappa shape index (κ3) is 4.61. The third-order valence-corrected chi connectivity index (χ3v) is 11.4. The van der Waals surface area contributed by atoms with Gasteiger partial charge in [0.05, 0.1) is 13.2 Å². The molecule has 0 heterocycles. The fourth-order valence-corrected chi connectivity index (χ4v) is 4.84. The van der Waals surface area contributed by atoms with Crippen molar-refractivity contribution in [2.75, 3.05) is 6.61 Å². The van der Waals surface area contributed by atoms with Gasteiger partial charge in [0, 0.05) is 12.3 Å². The molecular formula is C20H29BrClFO2Si. The molecule has 146 valence electrons. The van der Waals surface area contributed by atoms with Crippen molar-refractivity contribution in [2.45, 2.75) is 61.4 Å². The Labute approximate surface area is 171 Å². The van der Waals surface area contributed by atoms with Gasteiger partial charge in [-0.1, -0.05) is 67.0 Å². The molecule has 0 saturated carbocycles. The van der Waals surface area contributed by atoms with Gasteiger partial charge in [-0.15, -0.1) is 11.6 Å². The molecule has 1 aromatic carbocycles. The molecule has 3 atom stereocenters. The molecule has 0 spiro atoms. The minimum atomic E-state index is -1.94. The average Bonchev–Trinajstić information content (AvgIpc) is 2.51. The minimum Gasteiger partial charge on any atom is -0.413 e. The van der Waals surface area contributed by atoms with E-state index in [1.54, 1.807) is 12.1 Å². The van der Waals surface area contributed by atoms with E-state index in [2.05, 4.69) is 49.8 Å². The van der Waals surface area contributed by atoms with Crippen molar-refractivity contribution in [1.82, 2.24) is 0 Å². The van der Waals surface area contributed by atoms with E-state index in [4.69, 9.17) is 16.0 Å². The molecule has 2 nitrogen and oxygen atoms in total. The lowest BCUT2D eigenvalue weighted by Gasteiger charge is -2.39. The summed E-state index contributed by atoms with van der Waals surface area (Å²) in [6.45, 7) is 11.2. The quantitative estimate of drug-likeness (QED) is 0.317. The van der Waals surface area contributed by atoms with Crippen LogP contribution in [0.25, 0.3) is 0 Å². The maximum absolute atomic E-state index is 15.9. The van der Waals surface area contributed by atoms with Crippen LogP contribution in [0.5, 0.6) is 0 Å². The van der Waals surface area contributed by atoms with Crippen molar-refractivity contribution < 1.29 is 13.9 Å². The summed E-state index contributed by atoms with van der Waals surface area (Å²) in [6.07, 6.45) is 3.23. The number of benzene rings is 1. The monoisotopic (exact) mass is 462 g/mol. The van der Waals surface area contributed by atoms with E-state index < -0.39 is 17.8 Å². The molecule has 0 bridgehead atoms. The highest BCUT2D eigenvalue weighted by atomic mass is 79.9. The molecule has 0 amide bonds. The van der Waals surface area contributed by atoms with Crippen LogP contribution in [0.1, 0.15) is 38.3 Å². The SMILES string of the molecule is CC(C)(C)[Si](C)(C)OCc1ccccc1C1(F)C=CC(CO)C(Cl)(Br)C1. The van der Waals surface area contributed by atoms with Gasteiger partial charge in [-0.2, -0.15) is 0 Å². The Morgan fingerprint density at radius 3 is 2.50 bits per heavy atom. The van der Waals surface area contributed by atoms with Crippen LogP contribution in [0, 0.1) is 5.92 Å². The number of aliphatic hydroxyl groups is 1. The zero-order valence-electron chi connectivity index (χ0n) is 16.2. The Balaban J connectivity index is 2.32. The Morgan fingerprint density at radius 1 is 1.35 bits per heavy atom. The molecule has 1 aromatic rings. The van der Waals surface area contributed by atoms with Crippen LogP contribution in [-0.2, 0) is 16.7 Å². The zero-order valence-corrected chi connectivity index (χ0v) is 19.5. The highest BCUT2D eigenvalue weighted by Crippen LogP contribution is 2.50. The average molecular weight is 464 g/mol. The molecule has 0 fully saturated rings. The Bertz CT molecular complexity index is 672. The molecule has 0 aliphatic heterocycles. The molecule has 1 N–H and O–H groups in total. The lowest BCUT2D eigenvalue weighted by molar-refractivity contribution is 0.159. The van der Waals surface area contributed by atoms with E-state index in [0.717, 1.165) is 5.56 Å². The molecule has 0 aromatic heterocycles. The number of allylic oxidation sites excluding steroid dienone is 1. The van der Waals surface area contributed by atoms with Gasteiger partial charge in [-0.25, -0.2) is 4.39 Å². The number of halogens is 3. The van der Waals surface area contributed by atoms with Crippen LogP contribution < -0.4 is 0 Å². The molecule has 2 rings (SSSR count). The molecular weight excluding hydrogens is 435 g/mol. The van der Waals surface area contributed by atoms with Gasteiger partial charge >= 0.3 is 0 Å². The summed E-state index contributed by atoms with van der Waals surface area (Å²) in [5, 5.41) is 9.56. The first kappa shape index (κ1) is 22.1. The van der Waals surface area contributed by atoms with Crippen LogP contribution in [0.2, 0.25) is 18.1 Å². The van der Waals surface area contributed by atoms with E-state index >= 15 is 4.39 Å². The maximum Gasteiger partial charge on any atom is 0.192 e. The standard InChI is InChI=1S/C20H29BrClFO2Si/c1-18(2,3)26(4,5)25-13-15-8-6-7-9-17(15)19(23)11-10-16(12-24)20(21,22)14-19/h6-11,16,24H,12-14H2,1-5H3. The Hall–Kier alpha value is -0.203. The predicted octanol–water partition coefficient (Wildman–Crippen LogP) is 6.27. The number of aliphatic hydroxyl groups excluding tert-OH is 1. The second-order valence-electron chi connectivity index (χ2n) is 8.65. The maximum atomic E-state index is 15.9. The molecule has 26 heavy (non-hydrogen) atoms. The van der Waals surface area contributed by atoms with Gasteiger partial charge in [0.2, 0.25) is 0 Å². The van der Waals surface area contributed by atoms with Crippen LogP contribution in [0.15, 0.2) is 36.4 Å². The number of alkyl halides is 3. The Morgan fingerprint density at radius 2 is 1.96 bits per heavy atom. The topological polar surface area (TPSA) is 29.5 Å². The van der Waals surface area contributed by atoms with Crippen molar-refractivity contribution in [2.24, 2.45) is 5.92 Å². The fourth-order valence-electron chi connectivity index (χ4n) is 2.85. The largest absolute Gasteiger partial charge is 0.413 e. The van der Waals surface area contributed by atoms with Crippen molar-refractivity contribution in [3.05, 3.63) is 47.5 Å². The molecule has 3 unspecified atom stereocenters. The van der Waals surface area contributed by atoms with Gasteiger partial charge in [-0.3, -0.25) is 0 Å².